The van der Waals surface area contributed by atoms with E-state index in [1.807, 2.05) is 0 Å². The molecular formula is C18H24NP. The highest BCUT2D eigenvalue weighted by Crippen LogP contribution is 2.39. The molecule has 0 saturated heterocycles. The third-order valence-electron chi connectivity index (χ3n) is 3.87. The predicted octanol–water partition coefficient (Wildman–Crippen LogP) is 4.01. The molecule has 0 aliphatic rings. The molecule has 0 aliphatic heterocycles. The zero-order valence-electron chi connectivity index (χ0n) is 12.8. The van der Waals surface area contributed by atoms with Gasteiger partial charge in [-0.25, -0.2) is 0 Å². The first-order valence-electron chi connectivity index (χ1n) is 7.24. The number of hydrogen-bond donors (Lipinski definition) is 0. The summed E-state index contributed by atoms with van der Waals surface area (Å²) in [6.45, 7) is 6.92. The predicted molar refractivity (Wildman–Crippen MR) is 91.1 cm³/mol. The second-order valence-electron chi connectivity index (χ2n) is 5.54. The number of hydrogen-bond acceptors (Lipinski definition) is 1. The van der Waals surface area contributed by atoms with Gasteiger partial charge >= 0.3 is 0 Å². The lowest BCUT2D eigenvalue weighted by molar-refractivity contribution is 0.336. The van der Waals surface area contributed by atoms with Gasteiger partial charge in [0.2, 0.25) is 0 Å². The summed E-state index contributed by atoms with van der Waals surface area (Å²) in [5.41, 5.74) is 0. The van der Waals surface area contributed by atoms with Crippen LogP contribution in [0, 0.1) is 5.92 Å². The van der Waals surface area contributed by atoms with Crippen molar-refractivity contribution in [1.82, 2.24) is 4.67 Å². The van der Waals surface area contributed by atoms with E-state index in [0.29, 0.717) is 12.0 Å². The SMILES string of the molecule is CC(C)C(C)N(C)P(c1ccccc1)c1ccccc1. The van der Waals surface area contributed by atoms with Crippen LogP contribution in [0.2, 0.25) is 0 Å². The van der Waals surface area contributed by atoms with Crippen molar-refractivity contribution in [2.45, 2.75) is 26.8 Å². The van der Waals surface area contributed by atoms with Crippen LogP contribution in [0.5, 0.6) is 0 Å². The standard InChI is InChI=1S/C18H24NP/c1-15(2)16(3)19(4)20(17-11-7-5-8-12-17)18-13-9-6-10-14-18/h5-16H,1-4H3. The van der Waals surface area contributed by atoms with Gasteiger partial charge in [-0.3, -0.25) is 4.67 Å². The average Bonchev–Trinajstić information content (AvgIpc) is 2.48. The summed E-state index contributed by atoms with van der Waals surface area (Å²) in [7, 11) is 1.81. The second kappa shape index (κ2) is 7.02. The monoisotopic (exact) mass is 285 g/mol. The van der Waals surface area contributed by atoms with E-state index in [1.165, 1.54) is 10.6 Å². The lowest BCUT2D eigenvalue weighted by Crippen LogP contribution is -2.35. The molecule has 2 heteroatoms. The zero-order valence-corrected chi connectivity index (χ0v) is 13.7. The molecule has 2 aromatic rings. The first kappa shape index (κ1) is 15.2. The number of benzene rings is 2. The molecular weight excluding hydrogens is 261 g/mol. The molecule has 0 fully saturated rings. The average molecular weight is 285 g/mol. The summed E-state index contributed by atoms with van der Waals surface area (Å²) in [5.74, 6) is 0.650. The van der Waals surface area contributed by atoms with Crippen LogP contribution in [-0.4, -0.2) is 17.8 Å². The summed E-state index contributed by atoms with van der Waals surface area (Å²) in [6.07, 6.45) is 0. The molecule has 1 atom stereocenters. The highest BCUT2D eigenvalue weighted by atomic mass is 31.1. The summed E-state index contributed by atoms with van der Waals surface area (Å²) in [6, 6.07) is 22.3. The first-order chi connectivity index (χ1) is 9.61. The molecule has 0 saturated carbocycles. The van der Waals surface area contributed by atoms with Crippen molar-refractivity contribution in [1.29, 1.82) is 0 Å². The maximum atomic E-state index is 2.55. The second-order valence-corrected chi connectivity index (χ2v) is 7.83. The summed E-state index contributed by atoms with van der Waals surface area (Å²) in [4.78, 5) is 0. The smallest absolute Gasteiger partial charge is 0.0281 e. The summed E-state index contributed by atoms with van der Waals surface area (Å²) < 4.78 is 2.55. The van der Waals surface area contributed by atoms with Gasteiger partial charge in [-0.2, -0.15) is 0 Å². The van der Waals surface area contributed by atoms with Crippen LogP contribution in [0.15, 0.2) is 60.7 Å². The molecule has 106 valence electrons. The Labute approximate surface area is 124 Å². The highest BCUT2D eigenvalue weighted by molar-refractivity contribution is 7.70. The van der Waals surface area contributed by atoms with Gasteiger partial charge in [0.05, 0.1) is 0 Å². The van der Waals surface area contributed by atoms with Gasteiger partial charge in [0, 0.05) is 14.1 Å². The largest absolute Gasteiger partial charge is 0.275 e. The molecule has 20 heavy (non-hydrogen) atoms. The molecule has 1 unspecified atom stereocenters. The van der Waals surface area contributed by atoms with E-state index in [4.69, 9.17) is 0 Å². The quantitative estimate of drug-likeness (QED) is 0.750. The van der Waals surface area contributed by atoms with Crippen LogP contribution < -0.4 is 10.6 Å². The Bertz CT molecular complexity index is 470. The molecule has 0 radical (unpaired) electrons. The molecule has 0 N–H and O–H groups in total. The van der Waals surface area contributed by atoms with Crippen LogP contribution >= 0.6 is 8.07 Å². The van der Waals surface area contributed by atoms with E-state index in [-0.39, 0.29) is 0 Å². The molecule has 0 spiro atoms. The Morgan fingerprint density at radius 1 is 0.750 bits per heavy atom. The van der Waals surface area contributed by atoms with Crippen molar-refractivity contribution in [3.8, 4) is 0 Å². The fourth-order valence-electron chi connectivity index (χ4n) is 2.27. The molecule has 2 rings (SSSR count). The normalized spacial score (nSPS) is 13.2. The first-order valence-corrected chi connectivity index (χ1v) is 8.53. The van der Waals surface area contributed by atoms with Crippen LogP contribution in [0.1, 0.15) is 20.8 Å². The van der Waals surface area contributed by atoms with Crippen molar-refractivity contribution in [2.75, 3.05) is 7.05 Å². The van der Waals surface area contributed by atoms with Gasteiger partial charge in [-0.1, -0.05) is 74.5 Å². The molecule has 0 aliphatic carbocycles. The topological polar surface area (TPSA) is 3.24 Å². The lowest BCUT2D eigenvalue weighted by Gasteiger charge is -2.35. The van der Waals surface area contributed by atoms with E-state index < -0.39 is 8.07 Å². The Morgan fingerprint density at radius 2 is 1.15 bits per heavy atom. The minimum Gasteiger partial charge on any atom is -0.275 e. The van der Waals surface area contributed by atoms with Gasteiger partial charge in [0.25, 0.3) is 0 Å². The molecule has 1 nitrogen and oxygen atoms in total. The van der Waals surface area contributed by atoms with E-state index in [0.717, 1.165) is 0 Å². The minimum atomic E-state index is -0.451. The van der Waals surface area contributed by atoms with Crippen LogP contribution in [-0.2, 0) is 0 Å². The molecule has 0 aromatic heterocycles. The van der Waals surface area contributed by atoms with Crippen LogP contribution in [0.3, 0.4) is 0 Å². The Morgan fingerprint density at radius 3 is 1.50 bits per heavy atom. The van der Waals surface area contributed by atoms with Gasteiger partial charge in [0.15, 0.2) is 0 Å². The molecule has 0 bridgehead atoms. The molecule has 2 aromatic carbocycles. The summed E-state index contributed by atoms with van der Waals surface area (Å²) >= 11 is 0. The van der Waals surface area contributed by atoms with Gasteiger partial charge in [0.1, 0.15) is 0 Å². The molecule has 0 heterocycles. The van der Waals surface area contributed by atoms with Crippen molar-refractivity contribution in [2.24, 2.45) is 5.92 Å². The van der Waals surface area contributed by atoms with Crippen LogP contribution in [0.25, 0.3) is 0 Å². The maximum absolute atomic E-state index is 2.55. The summed E-state index contributed by atoms with van der Waals surface area (Å²) in [5, 5.41) is 2.84. The lowest BCUT2D eigenvalue weighted by atomic mass is 10.1. The highest BCUT2D eigenvalue weighted by Gasteiger charge is 2.24. The van der Waals surface area contributed by atoms with E-state index >= 15 is 0 Å². The van der Waals surface area contributed by atoms with Crippen molar-refractivity contribution >= 4 is 18.7 Å². The Kier molecular flexibility index (Phi) is 5.34. The number of rotatable bonds is 5. The van der Waals surface area contributed by atoms with Gasteiger partial charge in [-0.05, 0) is 30.5 Å². The third kappa shape index (κ3) is 3.48. The third-order valence-corrected chi connectivity index (χ3v) is 6.44. The fourth-order valence-corrected chi connectivity index (χ4v) is 4.83. The fraction of sp³-hybridized carbons (Fsp3) is 0.333. The van der Waals surface area contributed by atoms with Crippen molar-refractivity contribution < 1.29 is 0 Å². The maximum Gasteiger partial charge on any atom is 0.0281 e. The Balaban J connectivity index is 2.40. The van der Waals surface area contributed by atoms with Crippen LogP contribution in [0.4, 0.5) is 0 Å². The van der Waals surface area contributed by atoms with E-state index in [2.05, 4.69) is 93.2 Å². The van der Waals surface area contributed by atoms with Gasteiger partial charge < -0.3 is 0 Å². The molecule has 0 amide bonds. The van der Waals surface area contributed by atoms with E-state index in [9.17, 15) is 0 Å². The van der Waals surface area contributed by atoms with E-state index in [1.54, 1.807) is 0 Å². The Hall–Kier alpha value is -1.17. The zero-order chi connectivity index (χ0) is 14.5. The van der Waals surface area contributed by atoms with Crippen molar-refractivity contribution in [3.05, 3.63) is 60.7 Å². The van der Waals surface area contributed by atoms with Crippen molar-refractivity contribution in [3.63, 3.8) is 0 Å². The minimum absolute atomic E-state index is 0.451. The number of nitrogens with zero attached hydrogens (tertiary/aromatic N) is 1. The van der Waals surface area contributed by atoms with Gasteiger partial charge in [-0.15, -0.1) is 0 Å².